The number of amides is 1. The van der Waals surface area contributed by atoms with Crippen LogP contribution >= 0.6 is 0 Å². The summed E-state index contributed by atoms with van der Waals surface area (Å²) in [6.45, 7) is 4.36. The first kappa shape index (κ1) is 18.3. The summed E-state index contributed by atoms with van der Waals surface area (Å²) in [5.41, 5.74) is 0. The maximum absolute atomic E-state index is 12.8. The Bertz CT molecular complexity index is 564. The fourth-order valence-electron chi connectivity index (χ4n) is 3.35. The van der Waals surface area contributed by atoms with Gasteiger partial charge in [0.05, 0.1) is 19.3 Å². The van der Waals surface area contributed by atoms with Crippen molar-refractivity contribution in [1.29, 1.82) is 0 Å². The summed E-state index contributed by atoms with van der Waals surface area (Å²) in [5.74, 6) is 0.364. The van der Waals surface area contributed by atoms with Gasteiger partial charge in [0, 0.05) is 18.7 Å². The third-order valence-electron chi connectivity index (χ3n) is 4.76. The van der Waals surface area contributed by atoms with Crippen LogP contribution in [0.15, 0.2) is 28.9 Å². The highest BCUT2D eigenvalue weighted by atomic mass is 16.5. The van der Waals surface area contributed by atoms with Crippen LogP contribution in [0.4, 0.5) is 0 Å². The van der Waals surface area contributed by atoms with E-state index in [4.69, 9.17) is 9.15 Å². The molecule has 3 atom stereocenters. The Balaban J connectivity index is 2.14. The number of hydrogen-bond acceptors (Lipinski definition) is 4. The molecule has 1 aromatic rings. The summed E-state index contributed by atoms with van der Waals surface area (Å²) >= 11 is 0. The lowest BCUT2D eigenvalue weighted by Crippen LogP contribution is -2.47. The summed E-state index contributed by atoms with van der Waals surface area (Å²) < 4.78 is 10.1. The number of carbonyl (C=O) groups is 2. The second-order valence-corrected chi connectivity index (χ2v) is 6.59. The molecule has 0 radical (unpaired) electrons. The van der Waals surface area contributed by atoms with Crippen LogP contribution in [0.2, 0.25) is 0 Å². The van der Waals surface area contributed by atoms with Crippen molar-refractivity contribution >= 4 is 18.0 Å². The van der Waals surface area contributed by atoms with Crippen molar-refractivity contribution in [2.45, 2.75) is 45.6 Å². The Morgan fingerprint density at radius 2 is 2.17 bits per heavy atom. The highest BCUT2D eigenvalue weighted by molar-refractivity contribution is 5.92. The molecule has 1 heterocycles. The molecule has 0 spiro atoms. The normalized spacial score (nSPS) is 22.3. The van der Waals surface area contributed by atoms with Gasteiger partial charge in [-0.3, -0.25) is 9.59 Å². The molecule has 2 rings (SSSR count). The van der Waals surface area contributed by atoms with Gasteiger partial charge in [0.25, 0.3) is 0 Å². The van der Waals surface area contributed by atoms with Gasteiger partial charge < -0.3 is 14.1 Å². The van der Waals surface area contributed by atoms with E-state index in [9.17, 15) is 9.59 Å². The van der Waals surface area contributed by atoms with Crippen molar-refractivity contribution in [1.82, 2.24) is 4.90 Å². The number of carbonyl (C=O) groups excluding carboxylic acids is 2. The average Bonchev–Trinajstić information content (AvgIpc) is 3.11. The first-order valence-electron chi connectivity index (χ1n) is 8.63. The van der Waals surface area contributed by atoms with E-state index in [1.165, 1.54) is 19.6 Å². The van der Waals surface area contributed by atoms with E-state index in [1.54, 1.807) is 31.4 Å². The first-order chi connectivity index (χ1) is 11.5. The fraction of sp³-hybridized carbons (Fsp3) is 0.579. The maximum Gasteiger partial charge on any atom is 0.310 e. The molecule has 24 heavy (non-hydrogen) atoms. The van der Waals surface area contributed by atoms with Crippen LogP contribution in [0.1, 0.15) is 45.3 Å². The lowest BCUT2D eigenvalue weighted by atomic mass is 9.84. The zero-order valence-corrected chi connectivity index (χ0v) is 14.7. The Morgan fingerprint density at radius 1 is 1.42 bits per heavy atom. The van der Waals surface area contributed by atoms with Crippen molar-refractivity contribution in [2.75, 3.05) is 13.7 Å². The second-order valence-electron chi connectivity index (χ2n) is 6.59. The Morgan fingerprint density at radius 3 is 2.79 bits per heavy atom. The molecule has 1 aromatic heterocycles. The van der Waals surface area contributed by atoms with Crippen LogP contribution < -0.4 is 0 Å². The molecular formula is C19H27NO4. The van der Waals surface area contributed by atoms with E-state index in [0.717, 1.165) is 19.3 Å². The van der Waals surface area contributed by atoms with Gasteiger partial charge >= 0.3 is 5.97 Å². The number of hydrogen-bond donors (Lipinski definition) is 0. The van der Waals surface area contributed by atoms with Gasteiger partial charge in [0.2, 0.25) is 5.91 Å². The fourth-order valence-corrected chi connectivity index (χ4v) is 3.35. The van der Waals surface area contributed by atoms with E-state index in [1.807, 2.05) is 4.90 Å². The van der Waals surface area contributed by atoms with Crippen LogP contribution in [0, 0.1) is 11.8 Å². The monoisotopic (exact) mass is 333 g/mol. The molecule has 5 nitrogen and oxygen atoms in total. The van der Waals surface area contributed by atoms with Crippen LogP contribution in [0.5, 0.6) is 0 Å². The summed E-state index contributed by atoms with van der Waals surface area (Å²) in [6.07, 6.45) is 9.19. The SMILES string of the molecule is COC(=O)C(C)CN(C(=O)/C=C/c1ccco1)C1CCCCC1C. The van der Waals surface area contributed by atoms with Crippen LogP contribution in [-0.2, 0) is 14.3 Å². The van der Waals surface area contributed by atoms with E-state index in [-0.39, 0.29) is 23.8 Å². The zero-order chi connectivity index (χ0) is 17.5. The predicted octanol–water partition coefficient (Wildman–Crippen LogP) is 3.51. The summed E-state index contributed by atoms with van der Waals surface area (Å²) in [5, 5.41) is 0. The lowest BCUT2D eigenvalue weighted by Gasteiger charge is -2.39. The molecule has 132 valence electrons. The zero-order valence-electron chi connectivity index (χ0n) is 14.7. The van der Waals surface area contributed by atoms with Crippen molar-refractivity contribution in [2.24, 2.45) is 11.8 Å². The summed E-state index contributed by atoms with van der Waals surface area (Å²) in [6, 6.07) is 3.75. The molecule has 0 saturated heterocycles. The molecular weight excluding hydrogens is 306 g/mol. The van der Waals surface area contributed by atoms with Crippen molar-refractivity contribution in [3.8, 4) is 0 Å². The van der Waals surface area contributed by atoms with Crippen LogP contribution in [0.3, 0.4) is 0 Å². The minimum absolute atomic E-state index is 0.0825. The van der Waals surface area contributed by atoms with E-state index < -0.39 is 0 Å². The Hall–Kier alpha value is -2.04. The van der Waals surface area contributed by atoms with Crippen molar-refractivity contribution < 1.29 is 18.7 Å². The van der Waals surface area contributed by atoms with Gasteiger partial charge in [-0.25, -0.2) is 0 Å². The largest absolute Gasteiger partial charge is 0.469 e. The standard InChI is InChI=1S/C19H27NO4/c1-14-7-4-5-9-17(14)20(13-15(2)19(22)23-3)18(21)11-10-16-8-6-12-24-16/h6,8,10-12,14-15,17H,4-5,7,9,13H2,1-3H3/b11-10+. The smallest absolute Gasteiger partial charge is 0.310 e. The number of ether oxygens (including phenoxy) is 1. The Kier molecular flexibility index (Phi) is 6.64. The molecule has 5 heteroatoms. The van der Waals surface area contributed by atoms with E-state index in [0.29, 0.717) is 18.2 Å². The third kappa shape index (κ3) is 4.73. The number of rotatable bonds is 6. The van der Waals surface area contributed by atoms with Gasteiger partial charge in [0.15, 0.2) is 0 Å². The van der Waals surface area contributed by atoms with Crippen LogP contribution in [0.25, 0.3) is 6.08 Å². The number of esters is 1. The number of methoxy groups -OCH3 is 1. The first-order valence-corrected chi connectivity index (χ1v) is 8.63. The second kappa shape index (κ2) is 8.71. The molecule has 0 aromatic carbocycles. The number of furan rings is 1. The molecule has 1 aliphatic carbocycles. The van der Waals surface area contributed by atoms with E-state index >= 15 is 0 Å². The molecule has 1 saturated carbocycles. The third-order valence-corrected chi connectivity index (χ3v) is 4.76. The minimum Gasteiger partial charge on any atom is -0.469 e. The Labute approximate surface area is 143 Å². The molecule has 1 fully saturated rings. The molecule has 1 amide bonds. The maximum atomic E-state index is 12.8. The molecule has 1 aliphatic rings. The van der Waals surface area contributed by atoms with Crippen molar-refractivity contribution in [3.05, 3.63) is 30.2 Å². The van der Waals surface area contributed by atoms with Crippen molar-refractivity contribution in [3.63, 3.8) is 0 Å². The van der Waals surface area contributed by atoms with Crippen LogP contribution in [-0.4, -0.2) is 36.5 Å². The summed E-state index contributed by atoms with van der Waals surface area (Å²) in [4.78, 5) is 26.4. The molecule has 0 bridgehead atoms. The average molecular weight is 333 g/mol. The van der Waals surface area contributed by atoms with Gasteiger partial charge in [-0.15, -0.1) is 0 Å². The quantitative estimate of drug-likeness (QED) is 0.590. The highest BCUT2D eigenvalue weighted by Gasteiger charge is 2.31. The number of nitrogens with zero attached hydrogens (tertiary/aromatic N) is 1. The van der Waals surface area contributed by atoms with Gasteiger partial charge in [-0.1, -0.05) is 26.7 Å². The lowest BCUT2D eigenvalue weighted by molar-refractivity contribution is -0.147. The van der Waals surface area contributed by atoms with Gasteiger partial charge in [-0.2, -0.15) is 0 Å². The van der Waals surface area contributed by atoms with E-state index in [2.05, 4.69) is 6.92 Å². The van der Waals surface area contributed by atoms with Gasteiger partial charge in [-0.05, 0) is 37.0 Å². The van der Waals surface area contributed by atoms with Gasteiger partial charge in [0.1, 0.15) is 5.76 Å². The predicted molar refractivity (Wildman–Crippen MR) is 92.1 cm³/mol. The topological polar surface area (TPSA) is 59.8 Å². The molecule has 0 aliphatic heterocycles. The molecule has 0 N–H and O–H groups in total. The highest BCUT2D eigenvalue weighted by Crippen LogP contribution is 2.29. The summed E-state index contributed by atoms with van der Waals surface area (Å²) in [7, 11) is 1.38. The minimum atomic E-state index is -0.343. The molecule has 3 unspecified atom stereocenters.